The number of carboxylic acid groups (broad SMARTS) is 1. The zero-order valence-electron chi connectivity index (χ0n) is 15.9. The standard InChI is InChI=1S/C20H28NO6P/c22-20(23)15-27-18-10-4-5-11-19(18)28(24,25)21(14-17-9-6-12-26-17)13-16-7-2-1-3-8-16/h1-2,4-5,10-11,16-17H,3,6-9,12-15H2,(H,22,23)(H,24,25). The molecule has 3 unspecified atom stereocenters. The van der Waals surface area contributed by atoms with Crippen molar-refractivity contribution in [3.05, 3.63) is 36.4 Å². The largest absolute Gasteiger partial charge is 0.481 e. The first-order valence-electron chi connectivity index (χ1n) is 9.76. The van der Waals surface area contributed by atoms with Crippen LogP contribution in [0.25, 0.3) is 0 Å². The Morgan fingerprint density at radius 2 is 2.07 bits per heavy atom. The number of carboxylic acids is 1. The van der Waals surface area contributed by atoms with Crippen LogP contribution in [0.5, 0.6) is 5.75 Å². The van der Waals surface area contributed by atoms with Crippen molar-refractivity contribution in [3.63, 3.8) is 0 Å². The number of allylic oxidation sites excluding steroid dienone is 2. The first-order valence-corrected chi connectivity index (χ1v) is 11.4. The van der Waals surface area contributed by atoms with Crippen molar-refractivity contribution in [3.8, 4) is 5.75 Å². The van der Waals surface area contributed by atoms with E-state index in [1.54, 1.807) is 22.9 Å². The van der Waals surface area contributed by atoms with Gasteiger partial charge in [-0.3, -0.25) is 4.57 Å². The van der Waals surface area contributed by atoms with Gasteiger partial charge in [-0.1, -0.05) is 24.3 Å². The summed E-state index contributed by atoms with van der Waals surface area (Å²) in [6.45, 7) is 0.987. The summed E-state index contributed by atoms with van der Waals surface area (Å²) < 4.78 is 26.3. The van der Waals surface area contributed by atoms with Gasteiger partial charge in [-0.2, -0.15) is 0 Å². The number of ether oxygens (including phenoxy) is 2. The van der Waals surface area contributed by atoms with Crippen molar-refractivity contribution in [1.29, 1.82) is 0 Å². The lowest BCUT2D eigenvalue weighted by atomic mass is 9.94. The Labute approximate surface area is 165 Å². The van der Waals surface area contributed by atoms with Crippen molar-refractivity contribution >= 4 is 18.8 Å². The van der Waals surface area contributed by atoms with Crippen LogP contribution >= 0.6 is 7.52 Å². The predicted octanol–water partition coefficient (Wildman–Crippen LogP) is 2.80. The zero-order chi connectivity index (χ0) is 20.0. The molecule has 3 atom stereocenters. The highest BCUT2D eigenvalue weighted by molar-refractivity contribution is 7.64. The first-order chi connectivity index (χ1) is 13.5. The third kappa shape index (κ3) is 5.45. The summed E-state index contributed by atoms with van der Waals surface area (Å²) in [5.74, 6) is -0.691. The molecule has 154 valence electrons. The maximum Gasteiger partial charge on any atom is 0.341 e. The van der Waals surface area contributed by atoms with Gasteiger partial charge in [-0.15, -0.1) is 0 Å². The van der Waals surface area contributed by atoms with Crippen molar-refractivity contribution < 1.29 is 28.8 Å². The molecule has 1 aromatic carbocycles. The van der Waals surface area contributed by atoms with Crippen LogP contribution in [0.2, 0.25) is 0 Å². The molecule has 0 saturated carbocycles. The second kappa shape index (κ2) is 9.70. The molecule has 1 aliphatic heterocycles. The molecule has 3 rings (SSSR count). The number of para-hydroxylation sites is 1. The van der Waals surface area contributed by atoms with Gasteiger partial charge in [0.15, 0.2) is 6.61 Å². The monoisotopic (exact) mass is 409 g/mol. The lowest BCUT2D eigenvalue weighted by molar-refractivity contribution is -0.139. The fourth-order valence-corrected chi connectivity index (χ4v) is 5.62. The fourth-order valence-electron chi connectivity index (χ4n) is 3.75. The van der Waals surface area contributed by atoms with Crippen LogP contribution in [0.15, 0.2) is 36.4 Å². The molecule has 28 heavy (non-hydrogen) atoms. The quantitative estimate of drug-likeness (QED) is 0.478. The molecule has 0 radical (unpaired) electrons. The maximum atomic E-state index is 13.6. The summed E-state index contributed by atoms with van der Waals surface area (Å²) in [6, 6.07) is 6.41. The number of nitrogens with zero attached hydrogens (tertiary/aromatic N) is 1. The van der Waals surface area contributed by atoms with Crippen LogP contribution in [-0.2, 0) is 14.1 Å². The van der Waals surface area contributed by atoms with Crippen LogP contribution in [-0.4, -0.2) is 53.0 Å². The Morgan fingerprint density at radius 3 is 2.75 bits per heavy atom. The average molecular weight is 409 g/mol. The Hall–Kier alpha value is -1.66. The number of carbonyl (C=O) groups is 1. The van der Waals surface area contributed by atoms with E-state index in [-0.39, 0.29) is 17.2 Å². The highest BCUT2D eigenvalue weighted by Crippen LogP contribution is 2.48. The van der Waals surface area contributed by atoms with E-state index < -0.39 is 20.1 Å². The number of aliphatic carboxylic acids is 1. The van der Waals surface area contributed by atoms with Gasteiger partial charge in [0, 0.05) is 19.7 Å². The smallest absolute Gasteiger partial charge is 0.341 e. The van der Waals surface area contributed by atoms with Crippen LogP contribution in [0.3, 0.4) is 0 Å². The second-order valence-electron chi connectivity index (χ2n) is 7.35. The maximum absolute atomic E-state index is 13.6. The van der Waals surface area contributed by atoms with E-state index in [0.717, 1.165) is 32.1 Å². The fraction of sp³-hybridized carbons (Fsp3) is 0.550. The molecule has 0 bridgehead atoms. The summed E-state index contributed by atoms with van der Waals surface area (Å²) in [5, 5.41) is 9.03. The minimum atomic E-state index is -3.96. The molecule has 0 spiro atoms. The molecule has 1 saturated heterocycles. The summed E-state index contributed by atoms with van der Waals surface area (Å²) in [4.78, 5) is 22.0. The summed E-state index contributed by atoms with van der Waals surface area (Å²) in [5.41, 5.74) is 0. The van der Waals surface area contributed by atoms with Crippen LogP contribution in [0, 0.1) is 5.92 Å². The van der Waals surface area contributed by atoms with Gasteiger partial charge < -0.3 is 19.5 Å². The van der Waals surface area contributed by atoms with Gasteiger partial charge in [0.2, 0.25) is 0 Å². The third-order valence-corrected chi connectivity index (χ3v) is 7.29. The summed E-state index contributed by atoms with van der Waals surface area (Å²) in [7, 11) is -3.96. The number of rotatable bonds is 9. The molecular formula is C20H28NO6P. The topological polar surface area (TPSA) is 96.3 Å². The molecule has 7 nitrogen and oxygen atoms in total. The van der Waals surface area contributed by atoms with Crippen molar-refractivity contribution in [2.75, 3.05) is 26.3 Å². The highest BCUT2D eigenvalue weighted by Gasteiger charge is 2.37. The first kappa shape index (κ1) is 21.1. The molecule has 1 aliphatic carbocycles. The molecule has 2 aliphatic rings. The lowest BCUT2D eigenvalue weighted by Crippen LogP contribution is -2.37. The van der Waals surface area contributed by atoms with Gasteiger partial charge in [0.05, 0.1) is 11.4 Å². The van der Waals surface area contributed by atoms with E-state index in [4.69, 9.17) is 14.6 Å². The highest BCUT2D eigenvalue weighted by atomic mass is 31.2. The van der Waals surface area contributed by atoms with E-state index in [9.17, 15) is 14.3 Å². The molecule has 1 fully saturated rings. The van der Waals surface area contributed by atoms with Crippen molar-refractivity contribution in [2.45, 2.75) is 38.2 Å². The van der Waals surface area contributed by atoms with Gasteiger partial charge >= 0.3 is 13.5 Å². The second-order valence-corrected chi connectivity index (χ2v) is 9.49. The van der Waals surface area contributed by atoms with Crippen LogP contribution in [0.4, 0.5) is 0 Å². The molecule has 0 amide bonds. The van der Waals surface area contributed by atoms with E-state index in [1.807, 2.05) is 0 Å². The minimum Gasteiger partial charge on any atom is -0.481 e. The van der Waals surface area contributed by atoms with Crippen molar-refractivity contribution in [2.24, 2.45) is 5.92 Å². The van der Waals surface area contributed by atoms with Crippen molar-refractivity contribution in [1.82, 2.24) is 4.67 Å². The Morgan fingerprint density at radius 1 is 1.25 bits per heavy atom. The van der Waals surface area contributed by atoms with E-state index in [1.165, 1.54) is 6.07 Å². The molecule has 2 N–H and O–H groups in total. The Balaban J connectivity index is 1.84. The summed E-state index contributed by atoms with van der Waals surface area (Å²) in [6.07, 6.45) is 8.89. The SMILES string of the molecule is O=C(O)COc1ccccc1P(=O)(O)N(CC1CC=CCC1)CC1CCCO1. The van der Waals surface area contributed by atoms with Gasteiger partial charge in [-0.05, 0) is 50.2 Å². The molecule has 0 aromatic heterocycles. The van der Waals surface area contributed by atoms with E-state index in [2.05, 4.69) is 12.2 Å². The Kier molecular flexibility index (Phi) is 7.30. The predicted molar refractivity (Wildman–Crippen MR) is 106 cm³/mol. The lowest BCUT2D eigenvalue weighted by Gasteiger charge is -2.33. The molecule has 1 aromatic rings. The van der Waals surface area contributed by atoms with E-state index in [0.29, 0.717) is 25.6 Å². The number of hydrogen-bond acceptors (Lipinski definition) is 4. The summed E-state index contributed by atoms with van der Waals surface area (Å²) >= 11 is 0. The minimum absolute atomic E-state index is 0.0632. The van der Waals surface area contributed by atoms with Gasteiger partial charge in [-0.25, -0.2) is 9.46 Å². The molecule has 8 heteroatoms. The number of benzene rings is 1. The van der Waals surface area contributed by atoms with E-state index >= 15 is 0 Å². The van der Waals surface area contributed by atoms with Crippen LogP contribution < -0.4 is 10.0 Å². The average Bonchev–Trinajstić information content (AvgIpc) is 3.20. The normalized spacial score (nSPS) is 24.2. The molecular weight excluding hydrogens is 381 g/mol. The number of hydrogen-bond donors (Lipinski definition) is 2. The van der Waals surface area contributed by atoms with Gasteiger partial charge in [0.1, 0.15) is 5.75 Å². The zero-order valence-corrected chi connectivity index (χ0v) is 16.8. The molecule has 1 heterocycles. The van der Waals surface area contributed by atoms with Crippen LogP contribution in [0.1, 0.15) is 32.1 Å². The third-order valence-electron chi connectivity index (χ3n) is 5.20. The van der Waals surface area contributed by atoms with Gasteiger partial charge in [0.25, 0.3) is 0 Å². The Bertz CT molecular complexity index is 746.